The minimum atomic E-state index is -0.555. The van der Waals surface area contributed by atoms with E-state index in [4.69, 9.17) is 9.15 Å². The smallest absolute Gasteiger partial charge is 0.228 e. The molecule has 1 fully saturated rings. The summed E-state index contributed by atoms with van der Waals surface area (Å²) in [6.45, 7) is 4.59. The van der Waals surface area contributed by atoms with E-state index in [0.717, 1.165) is 37.6 Å². The van der Waals surface area contributed by atoms with Crippen molar-refractivity contribution in [1.82, 2.24) is 14.8 Å². The molecule has 0 spiro atoms. The van der Waals surface area contributed by atoms with Crippen molar-refractivity contribution in [3.8, 4) is 5.75 Å². The van der Waals surface area contributed by atoms with Crippen LogP contribution in [0.25, 0.3) is 0 Å². The monoisotopic (exact) mass is 444 g/mol. The first-order chi connectivity index (χ1) is 15.0. The first-order valence-corrected chi connectivity index (χ1v) is 11.2. The zero-order valence-electron chi connectivity index (χ0n) is 17.6. The number of anilines is 1. The van der Waals surface area contributed by atoms with Crippen LogP contribution in [0, 0.1) is 11.7 Å². The lowest BCUT2D eigenvalue weighted by atomic mass is 10.00. The fourth-order valence-corrected chi connectivity index (χ4v) is 4.41. The van der Waals surface area contributed by atoms with Gasteiger partial charge in [-0.2, -0.15) is 0 Å². The number of carbonyl (C=O) groups is 1. The molecule has 7 nitrogen and oxygen atoms in total. The van der Waals surface area contributed by atoms with Gasteiger partial charge in [-0.1, -0.05) is 18.7 Å². The Kier molecular flexibility index (Phi) is 6.60. The minimum Gasteiger partial charge on any atom is -0.494 e. The number of rotatable bonds is 8. The molecule has 0 amide bonds. The van der Waals surface area contributed by atoms with Gasteiger partial charge in [0.25, 0.3) is 0 Å². The first kappa shape index (κ1) is 21.4. The van der Waals surface area contributed by atoms with Gasteiger partial charge < -0.3 is 14.1 Å². The number of hydrogen-bond donors (Lipinski definition) is 0. The number of methoxy groups -OCH3 is 1. The molecule has 164 valence electrons. The maximum absolute atomic E-state index is 14.0. The number of Topliss-reactive ketones (excluding diaryl/α,β-unsaturated/α-hetero) is 1. The summed E-state index contributed by atoms with van der Waals surface area (Å²) in [6, 6.07) is 7.98. The van der Waals surface area contributed by atoms with Gasteiger partial charge in [0.2, 0.25) is 5.95 Å². The Balaban J connectivity index is 1.52. The van der Waals surface area contributed by atoms with E-state index in [2.05, 4.69) is 22.0 Å². The highest BCUT2D eigenvalue weighted by atomic mass is 32.2. The van der Waals surface area contributed by atoms with Gasteiger partial charge in [0.05, 0.1) is 25.7 Å². The predicted molar refractivity (Wildman–Crippen MR) is 116 cm³/mol. The zero-order chi connectivity index (χ0) is 21.8. The Morgan fingerprint density at radius 3 is 2.77 bits per heavy atom. The van der Waals surface area contributed by atoms with Crippen molar-refractivity contribution in [1.29, 1.82) is 0 Å². The highest BCUT2D eigenvalue weighted by molar-refractivity contribution is 7.99. The van der Waals surface area contributed by atoms with Crippen molar-refractivity contribution in [2.45, 2.75) is 31.5 Å². The van der Waals surface area contributed by atoms with Crippen LogP contribution in [0.3, 0.4) is 0 Å². The van der Waals surface area contributed by atoms with Gasteiger partial charge in [-0.3, -0.25) is 9.36 Å². The van der Waals surface area contributed by atoms with Crippen LogP contribution < -0.4 is 9.64 Å². The number of nitrogens with zero attached hydrogens (tertiary/aromatic N) is 4. The topological polar surface area (TPSA) is 73.4 Å². The number of ether oxygens (including phenoxy) is 1. The van der Waals surface area contributed by atoms with Gasteiger partial charge >= 0.3 is 0 Å². The number of halogens is 1. The second kappa shape index (κ2) is 9.55. The normalized spacial score (nSPS) is 14.7. The van der Waals surface area contributed by atoms with Crippen LogP contribution in [0.4, 0.5) is 10.3 Å². The molecule has 1 saturated heterocycles. The Morgan fingerprint density at radius 2 is 2.10 bits per heavy atom. The van der Waals surface area contributed by atoms with Crippen LogP contribution in [-0.2, 0) is 6.54 Å². The van der Waals surface area contributed by atoms with Crippen molar-refractivity contribution >= 4 is 23.5 Å². The highest BCUT2D eigenvalue weighted by Gasteiger charge is 2.24. The largest absolute Gasteiger partial charge is 0.494 e. The van der Waals surface area contributed by atoms with E-state index in [1.807, 2.05) is 16.7 Å². The number of carbonyl (C=O) groups excluding carboxylic acids is 1. The predicted octanol–water partition coefficient (Wildman–Crippen LogP) is 4.28. The Hall–Kier alpha value is -2.81. The molecule has 0 atom stereocenters. The third kappa shape index (κ3) is 4.92. The quantitative estimate of drug-likeness (QED) is 0.379. The van der Waals surface area contributed by atoms with Crippen molar-refractivity contribution in [3.05, 3.63) is 53.7 Å². The summed E-state index contributed by atoms with van der Waals surface area (Å²) in [5.41, 5.74) is 0.299. The molecule has 0 radical (unpaired) electrons. The molecule has 4 rings (SSSR count). The summed E-state index contributed by atoms with van der Waals surface area (Å²) in [6.07, 6.45) is 3.85. The Labute approximate surface area is 184 Å². The van der Waals surface area contributed by atoms with Crippen LogP contribution in [0.1, 0.15) is 35.9 Å². The number of ketones is 1. The van der Waals surface area contributed by atoms with Crippen molar-refractivity contribution in [3.63, 3.8) is 0 Å². The summed E-state index contributed by atoms with van der Waals surface area (Å²) in [4.78, 5) is 14.9. The summed E-state index contributed by atoms with van der Waals surface area (Å²) < 4.78 is 26.4. The van der Waals surface area contributed by atoms with E-state index >= 15 is 0 Å². The van der Waals surface area contributed by atoms with E-state index in [1.165, 1.54) is 31.0 Å². The lowest BCUT2D eigenvalue weighted by molar-refractivity contribution is 0.102. The third-order valence-electron chi connectivity index (χ3n) is 5.46. The van der Waals surface area contributed by atoms with Crippen LogP contribution >= 0.6 is 11.8 Å². The fraction of sp³-hybridized carbons (Fsp3) is 0.409. The molecule has 31 heavy (non-hydrogen) atoms. The summed E-state index contributed by atoms with van der Waals surface area (Å²) in [5.74, 6) is 1.77. The van der Waals surface area contributed by atoms with Gasteiger partial charge in [-0.25, -0.2) is 4.39 Å². The average Bonchev–Trinajstić information content (AvgIpc) is 3.43. The molecule has 0 N–H and O–H groups in total. The molecule has 0 unspecified atom stereocenters. The molecular formula is C22H25FN4O3S. The van der Waals surface area contributed by atoms with E-state index in [0.29, 0.717) is 23.2 Å². The molecule has 3 heterocycles. The maximum Gasteiger partial charge on any atom is 0.228 e. The van der Waals surface area contributed by atoms with Crippen molar-refractivity contribution in [2.24, 2.45) is 5.92 Å². The van der Waals surface area contributed by atoms with Gasteiger partial charge in [0, 0.05) is 18.7 Å². The zero-order valence-corrected chi connectivity index (χ0v) is 18.4. The SMILES string of the molecule is COc1ccc(C(=O)CSc2nnc(N3CCC(C)CC3)n2Cc2ccco2)cc1F. The molecule has 2 aromatic heterocycles. The van der Waals surface area contributed by atoms with Crippen LogP contribution in [0.5, 0.6) is 5.75 Å². The molecule has 0 bridgehead atoms. The molecule has 1 aliphatic heterocycles. The van der Waals surface area contributed by atoms with Crippen LogP contribution in [0.15, 0.2) is 46.2 Å². The van der Waals surface area contributed by atoms with Crippen molar-refractivity contribution in [2.75, 3.05) is 30.9 Å². The fourth-order valence-electron chi connectivity index (χ4n) is 3.58. The molecule has 3 aromatic rings. The third-order valence-corrected chi connectivity index (χ3v) is 6.43. The highest BCUT2D eigenvalue weighted by Crippen LogP contribution is 2.28. The number of piperidine rings is 1. The number of benzene rings is 1. The van der Waals surface area contributed by atoms with E-state index in [9.17, 15) is 9.18 Å². The average molecular weight is 445 g/mol. The Bertz CT molecular complexity index is 1030. The molecular weight excluding hydrogens is 419 g/mol. The molecule has 0 saturated carbocycles. The van der Waals surface area contributed by atoms with Crippen LogP contribution in [0.2, 0.25) is 0 Å². The summed E-state index contributed by atoms with van der Waals surface area (Å²) in [7, 11) is 1.39. The summed E-state index contributed by atoms with van der Waals surface area (Å²) >= 11 is 1.29. The first-order valence-electron chi connectivity index (χ1n) is 10.2. The number of furan rings is 1. The molecule has 1 aliphatic rings. The number of thioether (sulfide) groups is 1. The Morgan fingerprint density at radius 1 is 1.29 bits per heavy atom. The number of aromatic nitrogens is 3. The van der Waals surface area contributed by atoms with Crippen LogP contribution in [-0.4, -0.2) is 46.5 Å². The second-order valence-corrected chi connectivity index (χ2v) is 8.62. The van der Waals surface area contributed by atoms with E-state index in [-0.39, 0.29) is 17.3 Å². The van der Waals surface area contributed by atoms with Gasteiger partial charge in [-0.15, -0.1) is 10.2 Å². The second-order valence-electron chi connectivity index (χ2n) is 7.68. The minimum absolute atomic E-state index is 0.114. The maximum atomic E-state index is 14.0. The lowest BCUT2D eigenvalue weighted by Gasteiger charge is -2.31. The van der Waals surface area contributed by atoms with E-state index < -0.39 is 5.82 Å². The van der Waals surface area contributed by atoms with Crippen molar-refractivity contribution < 1.29 is 18.3 Å². The van der Waals surface area contributed by atoms with Gasteiger partial charge in [-0.05, 0) is 49.1 Å². The molecule has 9 heteroatoms. The van der Waals surface area contributed by atoms with Gasteiger partial charge in [0.15, 0.2) is 22.5 Å². The molecule has 0 aliphatic carbocycles. The lowest BCUT2D eigenvalue weighted by Crippen LogP contribution is -2.35. The molecule has 1 aromatic carbocycles. The summed E-state index contributed by atoms with van der Waals surface area (Å²) in [5, 5.41) is 9.40. The standard InChI is InChI=1S/C22H25FN4O3S/c1-15-7-9-26(10-8-15)21-24-25-22(27(21)13-17-4-3-11-30-17)31-14-19(28)16-5-6-20(29-2)18(23)12-16/h3-6,11-12,15H,7-10,13-14H2,1-2H3. The van der Waals surface area contributed by atoms with Gasteiger partial charge in [0.1, 0.15) is 5.76 Å². The van der Waals surface area contributed by atoms with E-state index in [1.54, 1.807) is 12.3 Å². The number of hydrogen-bond acceptors (Lipinski definition) is 7.